The smallest absolute Gasteiger partial charge is 0.335 e. The Morgan fingerprint density at radius 2 is 1.77 bits per heavy atom. The van der Waals surface area contributed by atoms with Gasteiger partial charge >= 0.3 is 5.97 Å². The summed E-state index contributed by atoms with van der Waals surface area (Å²) in [5.74, 6) is -0.0754. The lowest BCUT2D eigenvalue weighted by molar-refractivity contribution is 0.0697. The van der Waals surface area contributed by atoms with Crippen LogP contribution >= 0.6 is 0 Å². The minimum absolute atomic E-state index is 0.153. The van der Waals surface area contributed by atoms with Crippen LogP contribution in [0.15, 0.2) is 84.9 Å². The molecule has 1 atom stereocenters. The van der Waals surface area contributed by atoms with Crippen molar-refractivity contribution in [1.82, 2.24) is 5.32 Å². The minimum Gasteiger partial charge on any atom is -0.497 e. The van der Waals surface area contributed by atoms with Gasteiger partial charge in [-0.25, -0.2) is 4.79 Å². The molecule has 0 bridgehead atoms. The van der Waals surface area contributed by atoms with E-state index in [9.17, 15) is 9.90 Å². The third kappa shape index (κ3) is 4.60. The van der Waals surface area contributed by atoms with Crippen molar-refractivity contribution in [2.45, 2.75) is 19.5 Å². The van der Waals surface area contributed by atoms with E-state index in [1.54, 1.807) is 25.3 Å². The van der Waals surface area contributed by atoms with Crippen LogP contribution in [0.1, 0.15) is 34.5 Å². The molecule has 0 aliphatic rings. The minimum atomic E-state index is -0.920. The van der Waals surface area contributed by atoms with Gasteiger partial charge in [-0.3, -0.25) is 0 Å². The van der Waals surface area contributed by atoms with E-state index in [0.717, 1.165) is 38.8 Å². The van der Waals surface area contributed by atoms with Crippen LogP contribution in [0.2, 0.25) is 0 Å². The molecule has 4 heteroatoms. The van der Waals surface area contributed by atoms with Gasteiger partial charge in [-0.2, -0.15) is 0 Å². The predicted molar refractivity (Wildman–Crippen MR) is 125 cm³/mol. The fourth-order valence-corrected chi connectivity index (χ4v) is 3.83. The van der Waals surface area contributed by atoms with Crippen molar-refractivity contribution < 1.29 is 14.6 Å². The maximum Gasteiger partial charge on any atom is 0.335 e. The van der Waals surface area contributed by atoms with Crippen molar-refractivity contribution in [2.75, 3.05) is 7.11 Å². The van der Waals surface area contributed by atoms with Crippen LogP contribution in [0, 0.1) is 0 Å². The van der Waals surface area contributed by atoms with Crippen LogP contribution in [-0.4, -0.2) is 18.2 Å². The number of ether oxygens (including phenoxy) is 1. The molecule has 156 valence electrons. The number of carboxylic acid groups (broad SMARTS) is 1. The fourth-order valence-electron chi connectivity index (χ4n) is 3.83. The van der Waals surface area contributed by atoms with Gasteiger partial charge in [0.1, 0.15) is 5.75 Å². The number of carboxylic acids is 1. The van der Waals surface area contributed by atoms with Gasteiger partial charge in [0.25, 0.3) is 0 Å². The monoisotopic (exact) mass is 411 g/mol. The molecule has 4 rings (SSSR count). The number of carbonyl (C=O) groups is 1. The summed E-state index contributed by atoms with van der Waals surface area (Å²) in [6.45, 7) is 2.82. The summed E-state index contributed by atoms with van der Waals surface area (Å²) in [7, 11) is 1.67. The summed E-state index contributed by atoms with van der Waals surface area (Å²) in [4.78, 5) is 11.5. The third-order valence-electron chi connectivity index (χ3n) is 5.55. The lowest BCUT2D eigenvalue weighted by Gasteiger charge is -2.17. The molecule has 0 heterocycles. The van der Waals surface area contributed by atoms with Crippen LogP contribution < -0.4 is 10.1 Å². The molecule has 0 unspecified atom stereocenters. The molecule has 0 aromatic heterocycles. The number of benzene rings is 4. The Kier molecular flexibility index (Phi) is 6.01. The Morgan fingerprint density at radius 1 is 0.968 bits per heavy atom. The molecular weight excluding hydrogens is 386 g/mol. The van der Waals surface area contributed by atoms with Gasteiger partial charge in [0.2, 0.25) is 0 Å². The molecule has 0 fully saturated rings. The lowest BCUT2D eigenvalue weighted by Crippen LogP contribution is -2.18. The van der Waals surface area contributed by atoms with Crippen molar-refractivity contribution in [3.05, 3.63) is 102 Å². The molecular formula is C27H25NO3. The van der Waals surface area contributed by atoms with Gasteiger partial charge in [0.15, 0.2) is 0 Å². The first-order valence-corrected chi connectivity index (χ1v) is 10.3. The van der Waals surface area contributed by atoms with Crippen molar-refractivity contribution in [2.24, 2.45) is 0 Å². The number of fused-ring (bicyclic) bond motifs is 1. The standard InChI is InChI=1S/C27H25NO3/c1-18(20-8-6-11-24(16-20)31-2)28-17-19-13-21-7-3-4-12-25(21)26(14-19)22-9-5-10-23(15-22)27(29)30/h3-16,18,28H,17H2,1-2H3,(H,29,30)/t18-/m1/s1. The van der Waals surface area contributed by atoms with E-state index in [2.05, 4.69) is 42.6 Å². The first-order valence-electron chi connectivity index (χ1n) is 10.3. The number of methoxy groups -OCH3 is 1. The Balaban J connectivity index is 1.66. The zero-order chi connectivity index (χ0) is 21.8. The largest absolute Gasteiger partial charge is 0.497 e. The number of hydrogen-bond donors (Lipinski definition) is 2. The van der Waals surface area contributed by atoms with Crippen LogP contribution in [-0.2, 0) is 6.54 Å². The molecule has 0 amide bonds. The summed E-state index contributed by atoms with van der Waals surface area (Å²) < 4.78 is 5.34. The maximum atomic E-state index is 11.5. The van der Waals surface area contributed by atoms with Crippen molar-refractivity contribution in [3.8, 4) is 16.9 Å². The van der Waals surface area contributed by atoms with Gasteiger partial charge in [-0.15, -0.1) is 0 Å². The highest BCUT2D eigenvalue weighted by molar-refractivity contribution is 5.98. The van der Waals surface area contributed by atoms with Crippen LogP contribution in [0.4, 0.5) is 0 Å². The normalized spacial score (nSPS) is 11.9. The first kappa shape index (κ1) is 20.6. The topological polar surface area (TPSA) is 58.6 Å². The lowest BCUT2D eigenvalue weighted by atomic mass is 9.94. The van der Waals surface area contributed by atoms with Crippen molar-refractivity contribution in [1.29, 1.82) is 0 Å². The third-order valence-corrected chi connectivity index (χ3v) is 5.55. The molecule has 0 saturated carbocycles. The molecule has 0 saturated heterocycles. The SMILES string of the molecule is COc1cccc([C@@H](C)NCc2cc(-c3cccc(C(=O)O)c3)c3ccccc3c2)c1. The second kappa shape index (κ2) is 9.02. The number of nitrogens with one attached hydrogen (secondary N) is 1. The number of rotatable bonds is 7. The van der Waals surface area contributed by atoms with E-state index in [1.807, 2.05) is 36.4 Å². The van der Waals surface area contributed by atoms with Crippen LogP contribution in [0.5, 0.6) is 5.75 Å². The van der Waals surface area contributed by atoms with E-state index in [-0.39, 0.29) is 11.6 Å². The molecule has 0 aliphatic heterocycles. The summed E-state index contributed by atoms with van der Waals surface area (Å²) >= 11 is 0. The van der Waals surface area contributed by atoms with Gasteiger partial charge in [0, 0.05) is 12.6 Å². The zero-order valence-electron chi connectivity index (χ0n) is 17.6. The van der Waals surface area contributed by atoms with Crippen molar-refractivity contribution in [3.63, 3.8) is 0 Å². The molecule has 4 aromatic rings. The first-order chi connectivity index (χ1) is 15.0. The highest BCUT2D eigenvalue weighted by Crippen LogP contribution is 2.31. The number of hydrogen-bond acceptors (Lipinski definition) is 3. The Bertz CT molecular complexity index is 1230. The Morgan fingerprint density at radius 3 is 2.58 bits per heavy atom. The Labute approximate surface area is 182 Å². The highest BCUT2D eigenvalue weighted by Gasteiger charge is 2.11. The molecule has 0 spiro atoms. The quantitative estimate of drug-likeness (QED) is 0.388. The molecule has 0 radical (unpaired) electrons. The van der Waals surface area contributed by atoms with E-state index < -0.39 is 5.97 Å². The zero-order valence-corrected chi connectivity index (χ0v) is 17.6. The number of aromatic carboxylic acids is 1. The van der Waals surface area contributed by atoms with Gasteiger partial charge in [-0.05, 0) is 76.3 Å². The van der Waals surface area contributed by atoms with Gasteiger partial charge in [0.05, 0.1) is 12.7 Å². The van der Waals surface area contributed by atoms with E-state index in [0.29, 0.717) is 6.54 Å². The molecule has 2 N–H and O–H groups in total. The van der Waals surface area contributed by atoms with Gasteiger partial charge < -0.3 is 15.2 Å². The molecule has 4 nitrogen and oxygen atoms in total. The second-order valence-electron chi connectivity index (χ2n) is 7.63. The highest BCUT2D eigenvalue weighted by atomic mass is 16.5. The summed E-state index contributed by atoms with van der Waals surface area (Å²) in [5.41, 5.74) is 4.53. The van der Waals surface area contributed by atoms with E-state index >= 15 is 0 Å². The van der Waals surface area contributed by atoms with Crippen LogP contribution in [0.25, 0.3) is 21.9 Å². The Hall–Kier alpha value is -3.63. The second-order valence-corrected chi connectivity index (χ2v) is 7.63. The summed E-state index contributed by atoms with van der Waals surface area (Å²) in [5, 5.41) is 15.2. The van der Waals surface area contributed by atoms with Gasteiger partial charge in [-0.1, -0.05) is 48.5 Å². The van der Waals surface area contributed by atoms with Crippen molar-refractivity contribution >= 4 is 16.7 Å². The summed E-state index contributed by atoms with van der Waals surface area (Å²) in [6.07, 6.45) is 0. The maximum absolute atomic E-state index is 11.5. The average molecular weight is 412 g/mol. The molecule has 31 heavy (non-hydrogen) atoms. The van der Waals surface area contributed by atoms with Crippen LogP contribution in [0.3, 0.4) is 0 Å². The van der Waals surface area contributed by atoms with E-state index in [4.69, 9.17) is 4.74 Å². The fraction of sp³-hybridized carbons (Fsp3) is 0.148. The van der Waals surface area contributed by atoms with E-state index in [1.165, 1.54) is 0 Å². The molecule has 4 aromatic carbocycles. The predicted octanol–water partition coefficient (Wildman–Crippen LogP) is 6.06. The molecule has 0 aliphatic carbocycles. The summed E-state index contributed by atoms with van der Waals surface area (Å²) in [6, 6.07) is 27.9. The average Bonchev–Trinajstić information content (AvgIpc) is 2.82.